The zero-order valence-corrected chi connectivity index (χ0v) is 21.5. The van der Waals surface area contributed by atoms with E-state index in [9.17, 15) is 9.59 Å². The molecule has 5 rings (SSSR count). The van der Waals surface area contributed by atoms with Crippen molar-refractivity contribution in [2.24, 2.45) is 0 Å². The summed E-state index contributed by atoms with van der Waals surface area (Å²) in [5.74, 6) is 0.848. The third kappa shape index (κ3) is 5.14. The van der Waals surface area contributed by atoms with Gasteiger partial charge in [0, 0.05) is 11.0 Å². The summed E-state index contributed by atoms with van der Waals surface area (Å²) in [6, 6.07) is 29.2. The number of aryl methyl sites for hydroxylation is 1. The molecule has 0 bridgehead atoms. The maximum atomic E-state index is 13.6. The second kappa shape index (κ2) is 11.0. The van der Waals surface area contributed by atoms with Crippen LogP contribution in [0.3, 0.4) is 0 Å². The first kappa shape index (κ1) is 24.1. The van der Waals surface area contributed by atoms with Crippen LogP contribution >= 0.6 is 15.9 Å². The molecule has 0 aliphatic rings. The number of hydrogen-bond donors (Lipinski definition) is 0. The fourth-order valence-electron chi connectivity index (χ4n) is 4.60. The number of benzene rings is 4. The van der Waals surface area contributed by atoms with E-state index in [2.05, 4.69) is 15.9 Å². The van der Waals surface area contributed by atoms with E-state index >= 15 is 0 Å². The molecule has 5 aromatic rings. The Morgan fingerprint density at radius 3 is 2.25 bits per heavy atom. The second-order valence-corrected chi connectivity index (χ2v) is 9.76. The number of unbranched alkanes of at least 4 members (excludes halogenated alkanes) is 2. The molecule has 0 N–H and O–H groups in total. The van der Waals surface area contributed by atoms with Crippen molar-refractivity contribution in [1.82, 2.24) is 9.13 Å². The molecule has 36 heavy (non-hydrogen) atoms. The first-order valence-electron chi connectivity index (χ1n) is 12.2. The lowest BCUT2D eigenvalue weighted by Crippen LogP contribution is -2.40. The molecule has 5 nitrogen and oxygen atoms in total. The van der Waals surface area contributed by atoms with Gasteiger partial charge in [-0.25, -0.2) is 4.79 Å². The fourth-order valence-corrected chi connectivity index (χ4v) is 4.86. The van der Waals surface area contributed by atoms with Crippen LogP contribution in [0.2, 0.25) is 0 Å². The molecular formula is C30H27BrN2O3. The predicted molar refractivity (Wildman–Crippen MR) is 149 cm³/mol. The van der Waals surface area contributed by atoms with Crippen LogP contribution in [0.4, 0.5) is 0 Å². The highest BCUT2D eigenvalue weighted by Crippen LogP contribution is 2.19. The van der Waals surface area contributed by atoms with Gasteiger partial charge in [-0.05, 0) is 72.0 Å². The first-order valence-corrected chi connectivity index (χ1v) is 13.0. The van der Waals surface area contributed by atoms with Crippen LogP contribution in [0, 0.1) is 0 Å². The van der Waals surface area contributed by atoms with Crippen molar-refractivity contribution in [1.29, 1.82) is 0 Å². The Hall–Kier alpha value is -3.64. The average Bonchev–Trinajstić information content (AvgIpc) is 2.91. The molecule has 0 radical (unpaired) electrons. The number of halogens is 1. The van der Waals surface area contributed by atoms with E-state index in [1.54, 1.807) is 10.6 Å². The Labute approximate surface area is 217 Å². The Bertz CT molecular complexity index is 1620. The molecule has 1 heterocycles. The van der Waals surface area contributed by atoms with E-state index in [1.165, 1.54) is 4.57 Å². The summed E-state index contributed by atoms with van der Waals surface area (Å²) in [5, 5.41) is 2.71. The van der Waals surface area contributed by atoms with Crippen molar-refractivity contribution in [3.05, 3.63) is 122 Å². The summed E-state index contributed by atoms with van der Waals surface area (Å²) in [6.45, 7) is 1.41. The van der Waals surface area contributed by atoms with Gasteiger partial charge in [0.1, 0.15) is 5.75 Å². The largest absolute Gasteiger partial charge is 0.494 e. The maximum absolute atomic E-state index is 13.6. The lowest BCUT2D eigenvalue weighted by molar-refractivity contribution is 0.303. The summed E-state index contributed by atoms with van der Waals surface area (Å²) in [7, 11) is 0. The van der Waals surface area contributed by atoms with Gasteiger partial charge in [-0.15, -0.1) is 0 Å². The number of hydrogen-bond acceptors (Lipinski definition) is 3. The van der Waals surface area contributed by atoms with E-state index in [0.29, 0.717) is 24.1 Å². The fraction of sp³-hybridized carbons (Fsp3) is 0.200. The van der Waals surface area contributed by atoms with Crippen molar-refractivity contribution in [3.8, 4) is 5.75 Å². The standard InChI is InChI=1S/C30H27BrN2O3/c31-24-15-17-25(18-16-24)36-20-7-1-6-19-32-28-14-5-4-13-27(28)29(34)33(30(32)35)21-23-11-8-10-22-9-2-3-12-26(22)23/h2-5,8-18H,1,6-7,19-21H2. The molecule has 0 aliphatic carbocycles. The van der Waals surface area contributed by atoms with Crippen molar-refractivity contribution in [2.75, 3.05) is 6.61 Å². The van der Waals surface area contributed by atoms with Crippen LogP contribution in [0.25, 0.3) is 21.7 Å². The number of aromatic nitrogens is 2. The van der Waals surface area contributed by atoms with E-state index in [1.807, 2.05) is 84.9 Å². The van der Waals surface area contributed by atoms with Crippen LogP contribution in [-0.2, 0) is 13.1 Å². The van der Waals surface area contributed by atoms with Crippen molar-refractivity contribution >= 4 is 37.6 Å². The molecule has 0 atom stereocenters. The summed E-state index contributed by atoms with van der Waals surface area (Å²) in [6.07, 6.45) is 2.62. The van der Waals surface area contributed by atoms with Gasteiger partial charge >= 0.3 is 5.69 Å². The van der Waals surface area contributed by atoms with Crippen molar-refractivity contribution in [2.45, 2.75) is 32.4 Å². The molecule has 182 valence electrons. The van der Waals surface area contributed by atoms with Gasteiger partial charge in [0.05, 0.1) is 24.1 Å². The molecule has 4 aromatic carbocycles. The monoisotopic (exact) mass is 542 g/mol. The lowest BCUT2D eigenvalue weighted by atomic mass is 10.0. The van der Waals surface area contributed by atoms with E-state index in [4.69, 9.17) is 4.74 Å². The molecule has 0 saturated carbocycles. The summed E-state index contributed by atoms with van der Waals surface area (Å²) >= 11 is 3.43. The molecule has 0 amide bonds. The molecule has 0 saturated heterocycles. The van der Waals surface area contributed by atoms with Crippen LogP contribution in [0.5, 0.6) is 5.75 Å². The summed E-state index contributed by atoms with van der Waals surface area (Å²) in [4.78, 5) is 26.9. The molecule has 6 heteroatoms. The van der Waals surface area contributed by atoms with Crippen LogP contribution in [0.15, 0.2) is 105 Å². The third-order valence-electron chi connectivity index (χ3n) is 6.45. The SMILES string of the molecule is O=c1c2ccccc2n(CCCCCOc2ccc(Br)cc2)c(=O)n1Cc1cccc2ccccc12. The topological polar surface area (TPSA) is 53.2 Å². The van der Waals surface area contributed by atoms with Crippen LogP contribution in [0.1, 0.15) is 24.8 Å². The molecule has 0 unspecified atom stereocenters. The molecule has 0 aliphatic heterocycles. The molecule has 0 spiro atoms. The van der Waals surface area contributed by atoms with Crippen LogP contribution in [-0.4, -0.2) is 15.7 Å². The minimum atomic E-state index is -0.266. The zero-order chi connectivity index (χ0) is 24.9. The Kier molecular flexibility index (Phi) is 7.33. The Morgan fingerprint density at radius 2 is 1.42 bits per heavy atom. The predicted octanol–water partition coefficient (Wildman–Crippen LogP) is 6.38. The number of para-hydroxylation sites is 1. The third-order valence-corrected chi connectivity index (χ3v) is 6.98. The zero-order valence-electron chi connectivity index (χ0n) is 19.9. The molecular weight excluding hydrogens is 516 g/mol. The molecule has 1 aromatic heterocycles. The van der Waals surface area contributed by atoms with E-state index in [-0.39, 0.29) is 17.8 Å². The quantitative estimate of drug-likeness (QED) is 0.203. The Balaban J connectivity index is 1.35. The normalized spacial score (nSPS) is 11.2. The highest BCUT2D eigenvalue weighted by atomic mass is 79.9. The highest BCUT2D eigenvalue weighted by Gasteiger charge is 2.14. The van der Waals surface area contributed by atoms with Gasteiger partial charge in [-0.2, -0.15) is 0 Å². The van der Waals surface area contributed by atoms with Gasteiger partial charge in [-0.3, -0.25) is 13.9 Å². The maximum Gasteiger partial charge on any atom is 0.331 e. The summed E-state index contributed by atoms with van der Waals surface area (Å²) < 4.78 is 9.95. The average molecular weight is 543 g/mol. The number of nitrogens with zero attached hydrogens (tertiary/aromatic N) is 2. The van der Waals surface area contributed by atoms with Gasteiger partial charge in [0.2, 0.25) is 0 Å². The number of ether oxygens (including phenoxy) is 1. The molecule has 0 fully saturated rings. The van der Waals surface area contributed by atoms with Gasteiger partial charge in [0.15, 0.2) is 0 Å². The minimum absolute atomic E-state index is 0.241. The summed E-state index contributed by atoms with van der Waals surface area (Å²) in [5.41, 5.74) is 1.13. The highest BCUT2D eigenvalue weighted by molar-refractivity contribution is 9.10. The van der Waals surface area contributed by atoms with Gasteiger partial charge in [0.25, 0.3) is 5.56 Å². The van der Waals surface area contributed by atoms with E-state index in [0.717, 1.165) is 45.8 Å². The Morgan fingerprint density at radius 1 is 0.694 bits per heavy atom. The van der Waals surface area contributed by atoms with Gasteiger partial charge < -0.3 is 4.74 Å². The number of rotatable bonds is 9. The van der Waals surface area contributed by atoms with E-state index < -0.39 is 0 Å². The minimum Gasteiger partial charge on any atom is -0.494 e. The van der Waals surface area contributed by atoms with Crippen molar-refractivity contribution in [3.63, 3.8) is 0 Å². The second-order valence-electron chi connectivity index (χ2n) is 8.84. The smallest absolute Gasteiger partial charge is 0.331 e. The van der Waals surface area contributed by atoms with Gasteiger partial charge in [-0.1, -0.05) is 70.5 Å². The van der Waals surface area contributed by atoms with Crippen molar-refractivity contribution < 1.29 is 4.74 Å². The van der Waals surface area contributed by atoms with Crippen LogP contribution < -0.4 is 16.0 Å². The first-order chi connectivity index (χ1) is 17.6. The number of fused-ring (bicyclic) bond motifs is 2. The lowest BCUT2D eigenvalue weighted by Gasteiger charge is -2.15.